The molecule has 1 aliphatic heterocycles. The second kappa shape index (κ2) is 6.45. The quantitative estimate of drug-likeness (QED) is 0.809. The van der Waals surface area contributed by atoms with Crippen LogP contribution in [0, 0.1) is 11.2 Å². The molecule has 4 rings (SSSR count). The Hall–Kier alpha value is -1.87. The minimum Gasteiger partial charge on any atom is -0.353 e. The van der Waals surface area contributed by atoms with Gasteiger partial charge in [-0.3, -0.25) is 4.79 Å². The highest BCUT2D eigenvalue weighted by atomic mass is 35.5. The van der Waals surface area contributed by atoms with Crippen molar-refractivity contribution in [1.82, 2.24) is 5.32 Å². The van der Waals surface area contributed by atoms with E-state index in [2.05, 4.69) is 5.32 Å². The summed E-state index contributed by atoms with van der Waals surface area (Å²) in [5.74, 6) is -0.0315. The normalized spacial score (nSPS) is 21.7. The van der Waals surface area contributed by atoms with Crippen LogP contribution in [0.2, 0.25) is 5.02 Å². The first-order valence-corrected chi connectivity index (χ1v) is 9.29. The maximum Gasteiger partial charge on any atom is 0.226 e. The molecule has 2 aromatic carbocycles. The first kappa shape index (κ1) is 16.6. The summed E-state index contributed by atoms with van der Waals surface area (Å²) in [6.45, 7) is 0. The molecule has 2 fully saturated rings. The number of carbonyl (C=O) groups excluding carboxylic acids is 1. The van der Waals surface area contributed by atoms with Gasteiger partial charge in [-0.05, 0) is 55.0 Å². The molecule has 0 bridgehead atoms. The van der Waals surface area contributed by atoms with Crippen molar-refractivity contribution in [2.24, 2.45) is 5.41 Å². The van der Waals surface area contributed by atoms with Gasteiger partial charge in [0.1, 0.15) is 5.82 Å². The van der Waals surface area contributed by atoms with Crippen LogP contribution < -0.4 is 5.32 Å². The van der Waals surface area contributed by atoms with Crippen molar-refractivity contribution < 1.29 is 9.18 Å². The Morgan fingerprint density at radius 3 is 2.56 bits per heavy atom. The molecule has 4 heteroatoms. The molecule has 1 heterocycles. The van der Waals surface area contributed by atoms with Crippen LogP contribution in [0.5, 0.6) is 0 Å². The number of amides is 1. The average molecular weight is 358 g/mol. The van der Waals surface area contributed by atoms with Crippen LogP contribution in [0.3, 0.4) is 0 Å². The molecule has 1 spiro atoms. The highest BCUT2D eigenvalue weighted by Crippen LogP contribution is 2.45. The van der Waals surface area contributed by atoms with Gasteiger partial charge in [-0.1, -0.05) is 48.7 Å². The minimum absolute atomic E-state index is 0.103. The smallest absolute Gasteiger partial charge is 0.226 e. The third-order valence-corrected chi connectivity index (χ3v) is 5.93. The molecular formula is C21H21ClFNO. The lowest BCUT2D eigenvalue weighted by molar-refractivity contribution is -0.127. The molecule has 2 nitrogen and oxygen atoms in total. The number of halogens is 2. The van der Waals surface area contributed by atoms with E-state index >= 15 is 0 Å². The number of carbonyl (C=O) groups is 1. The number of rotatable bonds is 3. The van der Waals surface area contributed by atoms with E-state index in [1.165, 1.54) is 18.9 Å². The molecule has 2 aromatic rings. The van der Waals surface area contributed by atoms with Crippen molar-refractivity contribution in [3.63, 3.8) is 0 Å². The zero-order valence-corrected chi connectivity index (χ0v) is 14.8. The Balaban J connectivity index is 1.48. The molecule has 0 aromatic heterocycles. The third-order valence-electron chi connectivity index (χ3n) is 5.69. The molecule has 1 saturated carbocycles. The number of nitrogens with one attached hydrogen (secondary N) is 1. The molecule has 1 atom stereocenters. The van der Waals surface area contributed by atoms with Crippen LogP contribution in [0.25, 0.3) is 11.1 Å². The molecule has 2 aliphatic rings. The van der Waals surface area contributed by atoms with E-state index in [-0.39, 0.29) is 23.2 Å². The zero-order chi connectivity index (χ0) is 17.4. The van der Waals surface area contributed by atoms with E-state index < -0.39 is 0 Å². The lowest BCUT2D eigenvalue weighted by atomic mass is 9.82. The summed E-state index contributed by atoms with van der Waals surface area (Å²) in [5.41, 5.74) is 2.38. The SMILES string of the molecule is O=C1N[C@H](Cc2ccc(-c3cc(Cl)ccc3F)cc2)CC12CCCC2. The lowest BCUT2D eigenvalue weighted by Crippen LogP contribution is -2.30. The Labute approximate surface area is 152 Å². The van der Waals surface area contributed by atoms with Gasteiger partial charge in [0.2, 0.25) is 5.91 Å². The summed E-state index contributed by atoms with van der Waals surface area (Å²) >= 11 is 5.98. The highest BCUT2D eigenvalue weighted by molar-refractivity contribution is 6.30. The Kier molecular flexibility index (Phi) is 4.28. The molecule has 1 amide bonds. The van der Waals surface area contributed by atoms with Gasteiger partial charge in [0.25, 0.3) is 0 Å². The maximum atomic E-state index is 14.0. The summed E-state index contributed by atoms with van der Waals surface area (Å²) in [6, 6.07) is 12.7. The Morgan fingerprint density at radius 1 is 1.12 bits per heavy atom. The van der Waals surface area contributed by atoms with Crippen molar-refractivity contribution in [3.05, 3.63) is 58.9 Å². The predicted octanol–water partition coefficient (Wildman–Crippen LogP) is 5.14. The van der Waals surface area contributed by atoms with Crippen molar-refractivity contribution in [2.75, 3.05) is 0 Å². The second-order valence-corrected chi connectivity index (χ2v) is 7.82. The van der Waals surface area contributed by atoms with E-state index in [1.54, 1.807) is 12.1 Å². The second-order valence-electron chi connectivity index (χ2n) is 7.39. The summed E-state index contributed by atoms with van der Waals surface area (Å²) in [7, 11) is 0. The number of hydrogen-bond donors (Lipinski definition) is 1. The van der Waals surface area contributed by atoms with Gasteiger partial charge in [-0.15, -0.1) is 0 Å². The highest BCUT2D eigenvalue weighted by Gasteiger charge is 2.47. The van der Waals surface area contributed by atoms with Crippen LogP contribution in [0.4, 0.5) is 4.39 Å². The van der Waals surface area contributed by atoms with Crippen LogP contribution in [0.15, 0.2) is 42.5 Å². The first-order chi connectivity index (χ1) is 12.1. The van der Waals surface area contributed by atoms with Crippen molar-refractivity contribution in [3.8, 4) is 11.1 Å². The van der Waals surface area contributed by atoms with Crippen molar-refractivity contribution in [1.29, 1.82) is 0 Å². The van der Waals surface area contributed by atoms with Gasteiger partial charge in [0.15, 0.2) is 0 Å². The third kappa shape index (κ3) is 3.18. The molecule has 1 saturated heterocycles. The van der Waals surface area contributed by atoms with Crippen LogP contribution in [-0.4, -0.2) is 11.9 Å². The minimum atomic E-state index is -0.275. The van der Waals surface area contributed by atoms with Gasteiger partial charge < -0.3 is 5.32 Å². The fourth-order valence-corrected chi connectivity index (χ4v) is 4.56. The monoisotopic (exact) mass is 357 g/mol. The molecule has 130 valence electrons. The lowest BCUT2D eigenvalue weighted by Gasteiger charge is -2.18. The Morgan fingerprint density at radius 2 is 1.84 bits per heavy atom. The van der Waals surface area contributed by atoms with Gasteiger partial charge in [-0.2, -0.15) is 0 Å². The van der Waals surface area contributed by atoms with E-state index in [0.717, 1.165) is 36.8 Å². The number of hydrogen-bond acceptors (Lipinski definition) is 1. The Bertz CT molecular complexity index is 796. The molecular weight excluding hydrogens is 337 g/mol. The van der Waals surface area contributed by atoms with E-state index in [9.17, 15) is 9.18 Å². The van der Waals surface area contributed by atoms with Gasteiger partial charge in [0, 0.05) is 16.6 Å². The van der Waals surface area contributed by atoms with Crippen molar-refractivity contribution in [2.45, 2.75) is 44.6 Å². The van der Waals surface area contributed by atoms with Crippen LogP contribution in [-0.2, 0) is 11.2 Å². The largest absolute Gasteiger partial charge is 0.353 e. The molecule has 1 aliphatic carbocycles. The van der Waals surface area contributed by atoms with E-state index in [0.29, 0.717) is 10.6 Å². The van der Waals surface area contributed by atoms with Crippen LogP contribution in [0.1, 0.15) is 37.7 Å². The predicted molar refractivity (Wildman–Crippen MR) is 98.0 cm³/mol. The fraction of sp³-hybridized carbons (Fsp3) is 0.381. The first-order valence-electron chi connectivity index (χ1n) is 8.91. The van der Waals surface area contributed by atoms with Gasteiger partial charge in [0.05, 0.1) is 5.41 Å². The summed E-state index contributed by atoms with van der Waals surface area (Å²) in [5, 5.41) is 3.71. The van der Waals surface area contributed by atoms with E-state index in [4.69, 9.17) is 11.6 Å². The zero-order valence-electron chi connectivity index (χ0n) is 14.0. The summed E-state index contributed by atoms with van der Waals surface area (Å²) in [6.07, 6.45) is 6.16. The fourth-order valence-electron chi connectivity index (χ4n) is 4.38. The number of benzene rings is 2. The standard InChI is InChI=1S/C21H21ClFNO/c22-16-7-8-19(23)18(12-16)15-5-3-14(4-6-15)11-17-13-21(20(25)24-17)9-1-2-10-21/h3-8,12,17H,1-2,9-11,13H2,(H,24,25)/t17-/m1/s1. The van der Waals surface area contributed by atoms with Gasteiger partial charge >= 0.3 is 0 Å². The van der Waals surface area contributed by atoms with Crippen molar-refractivity contribution >= 4 is 17.5 Å². The molecule has 0 unspecified atom stereocenters. The summed E-state index contributed by atoms with van der Waals surface area (Å²) in [4.78, 5) is 12.3. The topological polar surface area (TPSA) is 29.1 Å². The molecule has 1 N–H and O–H groups in total. The van der Waals surface area contributed by atoms with Crippen LogP contribution >= 0.6 is 11.6 Å². The average Bonchev–Trinajstić information content (AvgIpc) is 3.19. The van der Waals surface area contributed by atoms with E-state index in [1.807, 2.05) is 24.3 Å². The van der Waals surface area contributed by atoms with Gasteiger partial charge in [-0.25, -0.2) is 4.39 Å². The molecule has 0 radical (unpaired) electrons. The summed E-state index contributed by atoms with van der Waals surface area (Å²) < 4.78 is 14.0. The maximum absolute atomic E-state index is 14.0. The molecule has 25 heavy (non-hydrogen) atoms.